The van der Waals surface area contributed by atoms with Crippen LogP contribution in [0.3, 0.4) is 0 Å². The van der Waals surface area contributed by atoms with Gasteiger partial charge in [-0.25, -0.2) is 13.2 Å². The van der Waals surface area contributed by atoms with Crippen LogP contribution in [-0.4, -0.2) is 12.4 Å². The molecule has 1 unspecified atom stereocenters. The van der Waals surface area contributed by atoms with Gasteiger partial charge in [0.05, 0.1) is 12.2 Å². The number of hydrogen-bond acceptors (Lipinski definition) is 2. The van der Waals surface area contributed by atoms with E-state index in [1.165, 1.54) is 17.7 Å². The molecule has 1 aliphatic rings. The van der Waals surface area contributed by atoms with Crippen LogP contribution in [0.2, 0.25) is 0 Å². The van der Waals surface area contributed by atoms with Crippen molar-refractivity contribution >= 4 is 5.78 Å². The average Bonchev–Trinajstić information content (AvgIpc) is 2.58. The largest absolute Gasteiger partial charge is 0.491 e. The highest BCUT2D eigenvalue weighted by atomic mass is 19.3. The number of Topliss-reactive ketones (excluding diaryl/α,β-unsaturated/α-hetero) is 1. The SMILES string of the molecule is CCOc1ccc(C(=O)CCCC2=CCC(C)CC2)c(C(F)F)c1F. The number of carbonyl (C=O) groups is 1. The van der Waals surface area contributed by atoms with E-state index in [4.69, 9.17) is 4.74 Å². The summed E-state index contributed by atoms with van der Waals surface area (Å²) in [5.41, 5.74) is 0.252. The molecule has 1 aromatic carbocycles. The lowest BCUT2D eigenvalue weighted by molar-refractivity contribution is 0.0962. The molecule has 0 aliphatic heterocycles. The fourth-order valence-corrected chi connectivity index (χ4v) is 3.15. The molecule has 0 amide bonds. The Labute approximate surface area is 147 Å². The minimum absolute atomic E-state index is 0.139. The van der Waals surface area contributed by atoms with Crippen LogP contribution in [0.1, 0.15) is 74.7 Å². The lowest BCUT2D eigenvalue weighted by Crippen LogP contribution is -2.09. The van der Waals surface area contributed by atoms with E-state index in [-0.39, 0.29) is 24.3 Å². The predicted molar refractivity (Wildman–Crippen MR) is 91.8 cm³/mol. The number of halogens is 3. The summed E-state index contributed by atoms with van der Waals surface area (Å²) in [5.74, 6) is -1.12. The first kappa shape index (κ1) is 19.5. The highest BCUT2D eigenvalue weighted by Gasteiger charge is 2.25. The topological polar surface area (TPSA) is 26.3 Å². The molecule has 0 saturated heterocycles. The summed E-state index contributed by atoms with van der Waals surface area (Å²) in [6.45, 7) is 4.02. The summed E-state index contributed by atoms with van der Waals surface area (Å²) in [4.78, 5) is 12.3. The van der Waals surface area contributed by atoms with E-state index in [9.17, 15) is 18.0 Å². The Morgan fingerprint density at radius 3 is 2.72 bits per heavy atom. The quantitative estimate of drug-likeness (QED) is 0.407. The zero-order chi connectivity index (χ0) is 18.4. The third kappa shape index (κ3) is 5.10. The number of alkyl halides is 2. The van der Waals surface area contributed by atoms with Crippen LogP contribution in [-0.2, 0) is 0 Å². The van der Waals surface area contributed by atoms with Crippen molar-refractivity contribution < 1.29 is 22.7 Å². The summed E-state index contributed by atoms with van der Waals surface area (Å²) >= 11 is 0. The van der Waals surface area contributed by atoms with Crippen molar-refractivity contribution in [2.45, 2.75) is 58.8 Å². The van der Waals surface area contributed by atoms with Crippen LogP contribution in [0.4, 0.5) is 13.2 Å². The molecule has 2 rings (SSSR count). The van der Waals surface area contributed by atoms with Crippen molar-refractivity contribution in [2.24, 2.45) is 5.92 Å². The summed E-state index contributed by atoms with van der Waals surface area (Å²) in [6.07, 6.45) is 3.94. The average molecular weight is 354 g/mol. The smallest absolute Gasteiger partial charge is 0.267 e. The second kappa shape index (κ2) is 9.07. The molecule has 0 saturated carbocycles. The minimum atomic E-state index is -3.05. The molecule has 0 fully saturated rings. The van der Waals surface area contributed by atoms with Crippen molar-refractivity contribution in [3.63, 3.8) is 0 Å². The van der Waals surface area contributed by atoms with Crippen molar-refractivity contribution in [2.75, 3.05) is 6.61 Å². The normalized spacial score (nSPS) is 17.5. The minimum Gasteiger partial charge on any atom is -0.491 e. The number of ketones is 1. The van der Waals surface area contributed by atoms with Crippen LogP contribution in [0, 0.1) is 11.7 Å². The summed E-state index contributed by atoms with van der Waals surface area (Å²) in [5, 5.41) is 0. The molecule has 2 nitrogen and oxygen atoms in total. The number of rotatable bonds is 8. The Balaban J connectivity index is 2.04. The van der Waals surface area contributed by atoms with Crippen molar-refractivity contribution in [1.82, 2.24) is 0 Å². The number of benzene rings is 1. The summed E-state index contributed by atoms with van der Waals surface area (Å²) in [7, 11) is 0. The first-order valence-corrected chi connectivity index (χ1v) is 8.88. The second-order valence-electron chi connectivity index (χ2n) is 6.59. The molecule has 138 valence electrons. The number of ether oxygens (including phenoxy) is 1. The van der Waals surface area contributed by atoms with Crippen LogP contribution in [0.25, 0.3) is 0 Å². The fourth-order valence-electron chi connectivity index (χ4n) is 3.15. The highest BCUT2D eigenvalue weighted by molar-refractivity contribution is 5.97. The third-order valence-electron chi connectivity index (χ3n) is 4.63. The molecule has 25 heavy (non-hydrogen) atoms. The molecule has 0 bridgehead atoms. The van der Waals surface area contributed by atoms with Crippen molar-refractivity contribution in [3.05, 3.63) is 40.7 Å². The Bertz CT molecular complexity index is 638. The van der Waals surface area contributed by atoms with Gasteiger partial charge in [0.1, 0.15) is 0 Å². The predicted octanol–water partition coefficient (Wildman–Crippen LogP) is 6.26. The van der Waals surface area contributed by atoms with E-state index >= 15 is 0 Å². The van der Waals surface area contributed by atoms with Crippen molar-refractivity contribution in [3.8, 4) is 5.75 Å². The molecule has 0 N–H and O–H groups in total. The molecule has 0 spiro atoms. The van der Waals surface area contributed by atoms with Crippen LogP contribution in [0.5, 0.6) is 5.75 Å². The zero-order valence-electron chi connectivity index (χ0n) is 14.8. The highest BCUT2D eigenvalue weighted by Crippen LogP contribution is 2.33. The molecule has 1 aliphatic carbocycles. The zero-order valence-corrected chi connectivity index (χ0v) is 14.8. The lowest BCUT2D eigenvalue weighted by Gasteiger charge is -2.18. The van der Waals surface area contributed by atoms with Crippen LogP contribution >= 0.6 is 0 Å². The molecule has 0 heterocycles. The van der Waals surface area contributed by atoms with Gasteiger partial charge in [-0.15, -0.1) is 0 Å². The van der Waals surface area contributed by atoms with E-state index in [0.717, 1.165) is 25.7 Å². The Kier molecular flexibility index (Phi) is 7.09. The summed E-state index contributed by atoms with van der Waals surface area (Å²) < 4.78 is 45.7. The maximum atomic E-state index is 14.2. The maximum Gasteiger partial charge on any atom is 0.267 e. The number of allylic oxidation sites excluding steroid dienone is 2. The van der Waals surface area contributed by atoms with E-state index in [0.29, 0.717) is 12.3 Å². The first-order chi connectivity index (χ1) is 11.9. The van der Waals surface area contributed by atoms with Crippen LogP contribution < -0.4 is 4.74 Å². The van der Waals surface area contributed by atoms with Gasteiger partial charge in [0.2, 0.25) is 0 Å². The number of hydrogen-bond donors (Lipinski definition) is 0. The van der Waals surface area contributed by atoms with Gasteiger partial charge in [0, 0.05) is 12.0 Å². The van der Waals surface area contributed by atoms with Crippen molar-refractivity contribution in [1.29, 1.82) is 0 Å². The van der Waals surface area contributed by atoms with Gasteiger partial charge in [-0.3, -0.25) is 4.79 Å². The van der Waals surface area contributed by atoms with Crippen LogP contribution in [0.15, 0.2) is 23.8 Å². The molecule has 5 heteroatoms. The lowest BCUT2D eigenvalue weighted by atomic mass is 9.88. The number of carbonyl (C=O) groups excluding carboxylic acids is 1. The maximum absolute atomic E-state index is 14.2. The molecule has 1 atom stereocenters. The molecule has 0 aromatic heterocycles. The fraction of sp³-hybridized carbons (Fsp3) is 0.550. The Hall–Kier alpha value is -1.78. The Morgan fingerprint density at radius 1 is 1.36 bits per heavy atom. The van der Waals surface area contributed by atoms with Gasteiger partial charge in [-0.1, -0.05) is 18.6 Å². The van der Waals surface area contributed by atoms with Gasteiger partial charge in [-0.2, -0.15) is 0 Å². The molecule has 1 aromatic rings. The van der Waals surface area contributed by atoms with Gasteiger partial charge in [0.15, 0.2) is 17.3 Å². The second-order valence-corrected chi connectivity index (χ2v) is 6.59. The van der Waals surface area contributed by atoms with E-state index < -0.39 is 23.6 Å². The first-order valence-electron chi connectivity index (χ1n) is 8.88. The molecule has 0 radical (unpaired) electrons. The summed E-state index contributed by atoms with van der Waals surface area (Å²) in [6, 6.07) is 2.50. The Morgan fingerprint density at radius 2 is 2.12 bits per heavy atom. The van der Waals surface area contributed by atoms with Gasteiger partial charge >= 0.3 is 0 Å². The monoisotopic (exact) mass is 354 g/mol. The van der Waals surface area contributed by atoms with Gasteiger partial charge in [-0.05, 0) is 57.1 Å². The standard InChI is InChI=1S/C20H25F3O2/c1-3-25-17-12-11-15(18(19(17)21)20(22)23)16(24)6-4-5-14-9-7-13(2)8-10-14/h9,11-13,20H,3-8,10H2,1-2H3. The molecular formula is C20H25F3O2. The third-order valence-corrected chi connectivity index (χ3v) is 4.63. The van der Waals surface area contributed by atoms with E-state index in [1.807, 2.05) is 0 Å². The molecular weight excluding hydrogens is 329 g/mol. The van der Waals surface area contributed by atoms with Gasteiger partial charge < -0.3 is 4.74 Å². The van der Waals surface area contributed by atoms with Gasteiger partial charge in [0.25, 0.3) is 6.43 Å². The van der Waals surface area contributed by atoms with E-state index in [1.54, 1.807) is 6.92 Å². The van der Waals surface area contributed by atoms with E-state index in [2.05, 4.69) is 13.0 Å².